The highest BCUT2D eigenvalue weighted by atomic mass is 16.8. The normalized spacial score (nSPS) is 32.9. The van der Waals surface area contributed by atoms with Crippen LogP contribution in [0.3, 0.4) is 0 Å². The summed E-state index contributed by atoms with van der Waals surface area (Å²) in [7, 11) is 2.63. The van der Waals surface area contributed by atoms with Crippen molar-refractivity contribution in [2.45, 2.75) is 140 Å². The Kier molecular flexibility index (Phi) is 16.7. The molecule has 3 aliphatic heterocycles. The summed E-state index contributed by atoms with van der Waals surface area (Å²) in [5.41, 5.74) is 0. The molecule has 0 aromatic rings. The Morgan fingerprint density at radius 3 is 2.12 bits per heavy atom. The van der Waals surface area contributed by atoms with Crippen molar-refractivity contribution in [3.8, 4) is 0 Å². The van der Waals surface area contributed by atoms with Gasteiger partial charge in [0.15, 0.2) is 12.4 Å². The van der Waals surface area contributed by atoms with Crippen LogP contribution in [0.4, 0.5) is 4.79 Å². The molecule has 16 nitrogen and oxygen atoms in total. The number of fused-ring (bicyclic) bond motifs is 1. The van der Waals surface area contributed by atoms with E-state index >= 15 is 0 Å². The number of carbonyl (C=O) groups is 3. The molecule has 48 heavy (non-hydrogen) atoms. The van der Waals surface area contributed by atoms with E-state index in [-0.39, 0.29) is 13.0 Å². The second kappa shape index (κ2) is 19.9. The van der Waals surface area contributed by atoms with Crippen LogP contribution in [0.2, 0.25) is 0 Å². The molecule has 3 heterocycles. The molecule has 0 bridgehead atoms. The summed E-state index contributed by atoms with van der Waals surface area (Å²) in [4.78, 5) is 37.9. The molecule has 3 N–H and O–H groups in total. The van der Waals surface area contributed by atoms with E-state index in [1.165, 1.54) is 7.11 Å². The molecule has 3 saturated heterocycles. The van der Waals surface area contributed by atoms with Gasteiger partial charge in [-0.15, -0.1) is 0 Å². The lowest BCUT2D eigenvalue weighted by atomic mass is 9.89. The molecule has 0 aromatic carbocycles. The summed E-state index contributed by atoms with van der Waals surface area (Å²) in [5.74, 6) is -4.01. The average molecular weight is 694 g/mol. The molecule has 0 radical (unpaired) electrons. The van der Waals surface area contributed by atoms with Gasteiger partial charge in [0.1, 0.15) is 42.7 Å². The Morgan fingerprint density at radius 2 is 1.58 bits per heavy atom. The van der Waals surface area contributed by atoms with Crippen LogP contribution in [0.5, 0.6) is 0 Å². The van der Waals surface area contributed by atoms with Crippen molar-refractivity contribution in [2.75, 3.05) is 47.3 Å². The van der Waals surface area contributed by atoms with E-state index in [9.17, 15) is 24.6 Å². The van der Waals surface area contributed by atoms with E-state index in [4.69, 9.17) is 47.4 Å². The van der Waals surface area contributed by atoms with Crippen molar-refractivity contribution in [1.29, 1.82) is 0 Å². The Morgan fingerprint density at radius 1 is 0.979 bits per heavy atom. The largest absolute Gasteiger partial charge is 0.465 e. The maximum atomic E-state index is 13.5. The van der Waals surface area contributed by atoms with E-state index in [2.05, 4.69) is 19.2 Å². The molecule has 278 valence electrons. The number of hydrogen-bond donors (Lipinski definition) is 3. The van der Waals surface area contributed by atoms with Crippen molar-refractivity contribution < 1.29 is 72.0 Å². The third-order valence-electron chi connectivity index (χ3n) is 8.51. The first kappa shape index (κ1) is 40.3. The van der Waals surface area contributed by atoms with Gasteiger partial charge in [0.05, 0.1) is 32.8 Å². The molecular weight excluding hydrogens is 638 g/mol. The lowest BCUT2D eigenvalue weighted by Gasteiger charge is -2.48. The number of unbranched alkanes of at least 4 members (excludes halogenated alkanes) is 3. The van der Waals surface area contributed by atoms with Crippen molar-refractivity contribution in [3.05, 3.63) is 0 Å². The number of rotatable bonds is 21. The number of aliphatic hydroxyl groups excluding tert-OH is 2. The second-order valence-electron chi connectivity index (χ2n) is 12.1. The average Bonchev–Trinajstić information content (AvgIpc) is 3.46. The highest BCUT2D eigenvalue weighted by molar-refractivity contribution is 5.79. The Bertz CT molecular complexity index is 1000. The minimum absolute atomic E-state index is 0.312. The third kappa shape index (κ3) is 10.2. The first-order valence-electron chi connectivity index (χ1n) is 17.0. The maximum absolute atomic E-state index is 13.5. The van der Waals surface area contributed by atoms with Crippen LogP contribution in [-0.4, -0.2) is 142 Å². The molecular formula is C32H55NO15. The van der Waals surface area contributed by atoms with Crippen molar-refractivity contribution in [1.82, 2.24) is 5.32 Å². The fourth-order valence-corrected chi connectivity index (χ4v) is 5.99. The number of carbonyl (C=O) groups excluding carboxylic acids is 3. The van der Waals surface area contributed by atoms with Gasteiger partial charge in [-0.3, -0.25) is 4.79 Å². The summed E-state index contributed by atoms with van der Waals surface area (Å²) in [6.07, 6.45) is -5.34. The van der Waals surface area contributed by atoms with Gasteiger partial charge in [0, 0.05) is 33.9 Å². The summed E-state index contributed by atoms with van der Waals surface area (Å²) in [6, 6.07) is -0.976. The fraction of sp³-hybridized carbons (Fsp3) is 0.906. The van der Waals surface area contributed by atoms with Gasteiger partial charge in [-0.05, 0) is 19.3 Å². The zero-order valence-electron chi connectivity index (χ0n) is 29.0. The fourth-order valence-electron chi connectivity index (χ4n) is 5.99. The third-order valence-corrected chi connectivity index (χ3v) is 8.51. The minimum atomic E-state index is -2.23. The number of ether oxygens (including phenoxy) is 10. The van der Waals surface area contributed by atoms with Gasteiger partial charge in [0.25, 0.3) is 5.79 Å². The number of alkyl carbamates (subject to hydrolysis) is 1. The molecule has 0 spiro atoms. The van der Waals surface area contributed by atoms with Gasteiger partial charge >= 0.3 is 18.0 Å². The van der Waals surface area contributed by atoms with Crippen molar-refractivity contribution in [3.63, 3.8) is 0 Å². The SMILES string of the molecule is CCCCOC1[C@H](OCCCC)C(COC2(C(=O)OC)C[C@H]3OC(=O)N[C@H]3C([C@H](OC(C)=O)[C@H](O)CO)O2)O[C@H](OC)[C@H]1OCCCC. The Hall–Kier alpha value is -2.15. The molecule has 3 fully saturated rings. The molecule has 1 amide bonds. The minimum Gasteiger partial charge on any atom is -0.465 e. The molecule has 0 aromatic heterocycles. The summed E-state index contributed by atoms with van der Waals surface area (Å²) in [6.45, 7) is 7.43. The van der Waals surface area contributed by atoms with Crippen LogP contribution >= 0.6 is 0 Å². The highest BCUT2D eigenvalue weighted by Gasteiger charge is 2.61. The molecule has 0 aliphatic carbocycles. The van der Waals surface area contributed by atoms with Crippen molar-refractivity contribution >= 4 is 18.0 Å². The van der Waals surface area contributed by atoms with Gasteiger partial charge in [-0.25, -0.2) is 9.59 Å². The molecule has 4 unspecified atom stereocenters. The first-order chi connectivity index (χ1) is 23.1. The molecule has 3 rings (SSSR count). The number of hydrogen-bond acceptors (Lipinski definition) is 15. The van der Waals surface area contributed by atoms with Gasteiger partial charge in [0.2, 0.25) is 0 Å². The van der Waals surface area contributed by atoms with Gasteiger partial charge in [-0.1, -0.05) is 40.0 Å². The number of nitrogens with one attached hydrogen (secondary N) is 1. The zero-order chi connectivity index (χ0) is 35.3. The Balaban J connectivity index is 1.98. The number of amides is 1. The van der Waals surface area contributed by atoms with Crippen molar-refractivity contribution in [2.24, 2.45) is 0 Å². The number of methoxy groups -OCH3 is 2. The monoisotopic (exact) mass is 693 g/mol. The molecule has 3 aliphatic rings. The summed E-state index contributed by atoms with van der Waals surface area (Å²) >= 11 is 0. The maximum Gasteiger partial charge on any atom is 0.407 e. The van der Waals surface area contributed by atoms with Crippen LogP contribution in [0, 0.1) is 0 Å². The predicted octanol–water partition coefficient (Wildman–Crippen LogP) is 1.35. The standard InChI is InChI=1S/C32H55NO15/c1-7-10-13-41-25-22(46-29(39-5)28(43-15-12-9-3)27(25)42-14-11-8-2)18-44-32(30(37)40-6)16-21-23(33-31(38)47-21)26(48-32)24(20(36)17-34)45-19(4)35/h20-29,34,36H,7-18H2,1-6H3,(H,33,38)/t20-,21-,22?,23-,24-,25-,26?,27?,28+,29+,32?/m1/s1. The van der Waals surface area contributed by atoms with Crippen LogP contribution in [-0.2, 0) is 57.0 Å². The topological polar surface area (TPSA) is 196 Å². The lowest BCUT2D eigenvalue weighted by molar-refractivity contribution is -0.343. The highest BCUT2D eigenvalue weighted by Crippen LogP contribution is 2.39. The van der Waals surface area contributed by atoms with Gasteiger partial charge < -0.3 is 62.9 Å². The van der Waals surface area contributed by atoms with Crippen LogP contribution in [0.25, 0.3) is 0 Å². The second-order valence-corrected chi connectivity index (χ2v) is 12.1. The Labute approximate surface area is 282 Å². The van der Waals surface area contributed by atoms with Crippen LogP contribution in [0.15, 0.2) is 0 Å². The molecule has 11 atom stereocenters. The van der Waals surface area contributed by atoms with Crippen LogP contribution in [0.1, 0.15) is 72.6 Å². The van der Waals surface area contributed by atoms with E-state index in [1.807, 2.05) is 6.92 Å². The summed E-state index contributed by atoms with van der Waals surface area (Å²) in [5, 5.41) is 23.0. The van der Waals surface area contributed by atoms with E-state index in [0.717, 1.165) is 52.6 Å². The van der Waals surface area contributed by atoms with Gasteiger partial charge in [-0.2, -0.15) is 0 Å². The predicted molar refractivity (Wildman–Crippen MR) is 166 cm³/mol. The number of esters is 2. The zero-order valence-corrected chi connectivity index (χ0v) is 29.0. The van der Waals surface area contributed by atoms with E-state index in [0.29, 0.717) is 19.8 Å². The van der Waals surface area contributed by atoms with E-state index < -0.39 is 91.6 Å². The molecule has 0 saturated carbocycles. The summed E-state index contributed by atoms with van der Waals surface area (Å²) < 4.78 is 59.5. The first-order valence-corrected chi connectivity index (χ1v) is 17.0. The number of aliphatic hydroxyl groups is 2. The lowest BCUT2D eigenvalue weighted by Crippen LogP contribution is -2.67. The smallest absolute Gasteiger partial charge is 0.407 e. The molecule has 16 heteroatoms. The van der Waals surface area contributed by atoms with Crippen LogP contribution < -0.4 is 5.32 Å². The van der Waals surface area contributed by atoms with E-state index in [1.54, 1.807) is 0 Å². The quantitative estimate of drug-likeness (QED) is 0.0885.